The van der Waals surface area contributed by atoms with Crippen LogP contribution in [-0.4, -0.2) is 42.7 Å². The van der Waals surface area contributed by atoms with Crippen molar-refractivity contribution in [2.45, 2.75) is 64.7 Å². The second-order valence-electron chi connectivity index (χ2n) is 12.5. The van der Waals surface area contributed by atoms with Crippen LogP contribution in [0.3, 0.4) is 0 Å². The molecule has 2 saturated heterocycles. The molecule has 3 aromatic carbocycles. The Balaban J connectivity index is 1.08. The van der Waals surface area contributed by atoms with E-state index in [2.05, 4.69) is 31.2 Å². The lowest BCUT2D eigenvalue weighted by Crippen LogP contribution is -2.45. The van der Waals surface area contributed by atoms with Crippen LogP contribution in [0.2, 0.25) is 0 Å². The number of imide groups is 2. The molecule has 2 atom stereocenters. The molecule has 2 fully saturated rings. The number of hydrogen-bond donors (Lipinski definition) is 4. The van der Waals surface area contributed by atoms with Crippen molar-refractivity contribution in [2.75, 3.05) is 10.6 Å². The van der Waals surface area contributed by atoms with Crippen molar-refractivity contribution in [3.05, 3.63) is 104 Å². The average molecular weight is 675 g/mol. The lowest BCUT2D eigenvalue weighted by atomic mass is 10.0. The van der Waals surface area contributed by atoms with Crippen molar-refractivity contribution in [2.24, 2.45) is 0 Å². The molecule has 4 amide bonds. The Morgan fingerprint density at radius 2 is 1.02 bits per heavy atom. The number of amides is 4. The highest BCUT2D eigenvalue weighted by atomic mass is 16.2. The molecule has 254 valence electrons. The first-order valence-electron chi connectivity index (χ1n) is 16.4. The molecule has 4 N–H and O–H groups in total. The first kappa shape index (κ1) is 32.4. The third-order valence-electron chi connectivity index (χ3n) is 9.24. The molecule has 7 rings (SSSR count). The molecular weight excluding hydrogens is 640 g/mol. The van der Waals surface area contributed by atoms with Crippen molar-refractivity contribution < 1.29 is 19.2 Å². The second-order valence-corrected chi connectivity index (χ2v) is 12.5. The van der Waals surface area contributed by atoms with Gasteiger partial charge in [0.15, 0.2) is 0 Å². The summed E-state index contributed by atoms with van der Waals surface area (Å²) in [6.07, 6.45) is 0.753. The molecule has 4 heterocycles. The monoisotopic (exact) mass is 674 g/mol. The highest BCUT2D eigenvalue weighted by Crippen LogP contribution is 2.26. The largest absolute Gasteiger partial charge is 0.380 e. The van der Waals surface area contributed by atoms with Crippen LogP contribution < -0.4 is 32.4 Å². The first-order valence-corrected chi connectivity index (χ1v) is 16.4. The summed E-state index contributed by atoms with van der Waals surface area (Å²) in [6, 6.07) is 16.9. The van der Waals surface area contributed by atoms with Gasteiger partial charge in [-0.15, -0.1) is 0 Å². The molecule has 2 unspecified atom stereocenters. The van der Waals surface area contributed by atoms with E-state index < -0.39 is 23.9 Å². The van der Waals surface area contributed by atoms with Gasteiger partial charge in [0.2, 0.25) is 23.6 Å². The Morgan fingerprint density at radius 1 is 0.620 bits per heavy atom. The Kier molecular flexibility index (Phi) is 8.43. The molecule has 50 heavy (non-hydrogen) atoms. The van der Waals surface area contributed by atoms with Gasteiger partial charge in [-0.2, -0.15) is 0 Å². The van der Waals surface area contributed by atoms with E-state index in [9.17, 15) is 28.8 Å². The fourth-order valence-corrected chi connectivity index (χ4v) is 6.76. The number of anilines is 2. The SMILES string of the molecule is Cc1nc2cccc(NCc3ccc(CNc4cccc5nc(C)n(C6CCC(=O)NC6=O)c(=O)c45)cc3)c2c(=O)n1C1CCC(=O)NC1=O. The van der Waals surface area contributed by atoms with Crippen LogP contribution in [0, 0.1) is 13.8 Å². The summed E-state index contributed by atoms with van der Waals surface area (Å²) >= 11 is 0. The fourth-order valence-electron chi connectivity index (χ4n) is 6.76. The van der Waals surface area contributed by atoms with E-state index in [4.69, 9.17) is 0 Å². The normalized spacial score (nSPS) is 17.9. The Bertz CT molecular complexity index is 2180. The number of nitrogens with zero attached hydrogens (tertiary/aromatic N) is 4. The molecule has 0 bridgehead atoms. The molecule has 0 saturated carbocycles. The minimum absolute atomic E-state index is 0.148. The number of hydrogen-bond acceptors (Lipinski definition) is 10. The van der Waals surface area contributed by atoms with E-state index in [0.717, 1.165) is 11.1 Å². The molecule has 14 nitrogen and oxygen atoms in total. The second kappa shape index (κ2) is 13.0. The Hall–Kier alpha value is -6.18. The molecule has 0 aliphatic carbocycles. The van der Waals surface area contributed by atoms with Crippen LogP contribution in [0.1, 0.15) is 60.5 Å². The lowest BCUT2D eigenvalue weighted by Gasteiger charge is -2.24. The van der Waals surface area contributed by atoms with Crippen molar-refractivity contribution >= 4 is 56.8 Å². The summed E-state index contributed by atoms with van der Waals surface area (Å²) in [6.45, 7) is 4.17. The summed E-state index contributed by atoms with van der Waals surface area (Å²) in [4.78, 5) is 85.3. The van der Waals surface area contributed by atoms with Crippen LogP contribution >= 0.6 is 0 Å². The zero-order valence-electron chi connectivity index (χ0n) is 27.4. The number of nitrogens with one attached hydrogen (secondary N) is 4. The van der Waals surface area contributed by atoms with Crippen LogP contribution in [-0.2, 0) is 32.3 Å². The van der Waals surface area contributed by atoms with Crippen molar-refractivity contribution in [1.82, 2.24) is 29.7 Å². The molecule has 2 aliphatic heterocycles. The first-order chi connectivity index (χ1) is 24.1. The van der Waals surface area contributed by atoms with E-state index in [-0.39, 0.29) is 48.6 Å². The number of rotatable bonds is 8. The topological polar surface area (TPSA) is 186 Å². The third kappa shape index (κ3) is 5.99. The van der Waals surface area contributed by atoms with E-state index in [1.165, 1.54) is 9.13 Å². The maximum Gasteiger partial charge on any atom is 0.264 e. The van der Waals surface area contributed by atoms with Gasteiger partial charge < -0.3 is 10.6 Å². The maximum atomic E-state index is 13.7. The Morgan fingerprint density at radius 3 is 1.40 bits per heavy atom. The predicted octanol–water partition coefficient (Wildman–Crippen LogP) is 2.90. The van der Waals surface area contributed by atoms with Gasteiger partial charge in [-0.3, -0.25) is 48.5 Å². The van der Waals surface area contributed by atoms with Crippen LogP contribution in [0.5, 0.6) is 0 Å². The van der Waals surface area contributed by atoms with Gasteiger partial charge in [-0.05, 0) is 62.1 Å². The summed E-state index contributed by atoms with van der Waals surface area (Å²) < 4.78 is 2.74. The summed E-state index contributed by atoms with van der Waals surface area (Å²) in [7, 11) is 0. The minimum atomic E-state index is -0.813. The third-order valence-corrected chi connectivity index (χ3v) is 9.24. The molecular formula is C36H34N8O6. The Labute approximate surface area is 284 Å². The highest BCUT2D eigenvalue weighted by molar-refractivity contribution is 6.00. The molecule has 0 radical (unpaired) electrons. The number of carbonyl (C=O) groups is 4. The zero-order chi connectivity index (χ0) is 35.1. The summed E-state index contributed by atoms with van der Waals surface area (Å²) in [5.41, 5.74) is 3.37. The van der Waals surface area contributed by atoms with Gasteiger partial charge in [0, 0.05) is 37.3 Å². The fraction of sp³-hybridized carbons (Fsp3) is 0.278. The van der Waals surface area contributed by atoms with Crippen molar-refractivity contribution in [3.8, 4) is 0 Å². The predicted molar refractivity (Wildman–Crippen MR) is 185 cm³/mol. The molecule has 2 aromatic heterocycles. The summed E-state index contributed by atoms with van der Waals surface area (Å²) in [5.74, 6) is -0.936. The van der Waals surface area contributed by atoms with Crippen molar-refractivity contribution in [1.29, 1.82) is 0 Å². The molecule has 0 spiro atoms. The van der Waals surface area contributed by atoms with Gasteiger partial charge in [0.05, 0.1) is 21.8 Å². The van der Waals surface area contributed by atoms with E-state index in [1.54, 1.807) is 38.1 Å². The van der Waals surface area contributed by atoms with Gasteiger partial charge in [0.25, 0.3) is 11.1 Å². The van der Waals surface area contributed by atoms with Crippen molar-refractivity contribution in [3.63, 3.8) is 0 Å². The number of benzene rings is 3. The van der Waals surface area contributed by atoms with Gasteiger partial charge in [-0.25, -0.2) is 9.97 Å². The number of fused-ring (bicyclic) bond motifs is 2. The van der Waals surface area contributed by atoms with Gasteiger partial charge in [0.1, 0.15) is 23.7 Å². The molecule has 5 aromatic rings. The number of aryl methyl sites for hydroxylation is 2. The van der Waals surface area contributed by atoms with Gasteiger partial charge >= 0.3 is 0 Å². The number of carbonyl (C=O) groups excluding carboxylic acids is 4. The van der Waals surface area contributed by atoms with Crippen LogP contribution in [0.15, 0.2) is 70.3 Å². The quantitative estimate of drug-likeness (QED) is 0.178. The van der Waals surface area contributed by atoms with Gasteiger partial charge in [-0.1, -0.05) is 36.4 Å². The average Bonchev–Trinajstić information content (AvgIpc) is 3.08. The summed E-state index contributed by atoms with van der Waals surface area (Å²) in [5, 5.41) is 12.0. The van der Waals surface area contributed by atoms with E-state index in [1.807, 2.05) is 36.4 Å². The maximum absolute atomic E-state index is 13.7. The van der Waals surface area contributed by atoms with Crippen LogP contribution in [0.25, 0.3) is 21.8 Å². The highest BCUT2D eigenvalue weighted by Gasteiger charge is 2.32. The lowest BCUT2D eigenvalue weighted by molar-refractivity contribution is -0.137. The minimum Gasteiger partial charge on any atom is -0.380 e. The smallest absolute Gasteiger partial charge is 0.264 e. The van der Waals surface area contributed by atoms with Crippen LogP contribution in [0.4, 0.5) is 11.4 Å². The molecule has 2 aliphatic rings. The van der Waals surface area contributed by atoms with E-state index >= 15 is 0 Å². The standard InChI is InChI=1S/C36H34N8O6/c1-19-39-25-7-3-5-23(31(25)35(49)43(19)27-13-15-29(45)41-33(27)47)37-17-21-9-11-22(12-10-21)18-38-24-6-4-8-26-32(24)36(50)44(20(2)40-26)28-14-16-30(46)42-34(28)48/h3-12,27-28,37-38H,13-18H2,1-2H3,(H,41,45,47)(H,42,46,48). The zero-order valence-corrected chi connectivity index (χ0v) is 27.4. The number of aromatic nitrogens is 4. The number of piperidine rings is 2. The van der Waals surface area contributed by atoms with E-state index in [0.29, 0.717) is 57.9 Å². The molecule has 14 heteroatoms.